The maximum Gasteiger partial charge on any atom is 0.433 e. The Kier molecular flexibility index (Phi) is 4.81. The van der Waals surface area contributed by atoms with E-state index in [1.54, 1.807) is 18.2 Å². The minimum absolute atomic E-state index is 0.115. The van der Waals surface area contributed by atoms with Crippen molar-refractivity contribution >= 4 is 0 Å². The fraction of sp³-hybridized carbons (Fsp3) is 0.222. The predicted octanol–water partition coefficient (Wildman–Crippen LogP) is 4.21. The summed E-state index contributed by atoms with van der Waals surface area (Å²) >= 11 is 0. The average molecular weight is 373 g/mol. The number of H-pyrrole nitrogens is 1. The van der Waals surface area contributed by atoms with E-state index in [1.807, 2.05) is 19.9 Å². The molecular weight excluding hydrogens is 359 g/mol. The normalized spacial score (nSPS) is 11.4. The number of rotatable bonds is 4. The third-order valence-electron chi connectivity index (χ3n) is 3.63. The third kappa shape index (κ3) is 3.89. The molecule has 0 radical (unpaired) electrons. The predicted molar refractivity (Wildman–Crippen MR) is 90.5 cm³/mol. The first-order valence-electron chi connectivity index (χ1n) is 7.95. The van der Waals surface area contributed by atoms with Crippen LogP contribution in [-0.4, -0.2) is 26.5 Å². The molecule has 2 heterocycles. The van der Waals surface area contributed by atoms with Crippen LogP contribution in [0.2, 0.25) is 0 Å². The number of aromatic amines is 1. The lowest BCUT2D eigenvalue weighted by molar-refractivity contribution is -0.141. The van der Waals surface area contributed by atoms with Gasteiger partial charge in [-0.3, -0.25) is 4.98 Å². The molecule has 3 rings (SSSR count). The number of nitriles is 1. The van der Waals surface area contributed by atoms with E-state index in [1.165, 1.54) is 6.07 Å². The van der Waals surface area contributed by atoms with Gasteiger partial charge in [-0.25, -0.2) is 0 Å². The molecule has 0 spiro atoms. The molecule has 0 amide bonds. The van der Waals surface area contributed by atoms with Crippen LogP contribution in [0.25, 0.3) is 22.4 Å². The molecule has 0 bridgehead atoms. The Morgan fingerprint density at radius 3 is 2.44 bits per heavy atom. The number of hydrogen-bond acceptors (Lipinski definition) is 5. The quantitative estimate of drug-likeness (QED) is 0.740. The molecule has 2 aromatic heterocycles. The first kappa shape index (κ1) is 18.4. The number of aromatic nitrogens is 4. The topological polar surface area (TPSA) is 87.5 Å². The fourth-order valence-electron chi connectivity index (χ4n) is 2.49. The molecule has 0 saturated carbocycles. The Hall–Kier alpha value is -3.41. The zero-order valence-electron chi connectivity index (χ0n) is 14.4. The summed E-state index contributed by atoms with van der Waals surface area (Å²) in [5.74, 6) is 0.484. The molecular formula is C18H14F3N5O. The van der Waals surface area contributed by atoms with Gasteiger partial charge in [0.1, 0.15) is 23.2 Å². The van der Waals surface area contributed by atoms with Crippen molar-refractivity contribution in [3.05, 3.63) is 47.9 Å². The fourth-order valence-corrected chi connectivity index (χ4v) is 2.49. The van der Waals surface area contributed by atoms with E-state index >= 15 is 0 Å². The van der Waals surface area contributed by atoms with Gasteiger partial charge >= 0.3 is 6.18 Å². The van der Waals surface area contributed by atoms with Gasteiger partial charge in [0, 0.05) is 22.9 Å². The van der Waals surface area contributed by atoms with E-state index in [2.05, 4.69) is 20.4 Å². The maximum absolute atomic E-state index is 12.8. The van der Waals surface area contributed by atoms with Crippen LogP contribution in [0.1, 0.15) is 25.2 Å². The van der Waals surface area contributed by atoms with Gasteiger partial charge in [-0.2, -0.15) is 28.7 Å². The van der Waals surface area contributed by atoms with Gasteiger partial charge in [0.2, 0.25) is 0 Å². The Morgan fingerprint density at radius 2 is 1.85 bits per heavy atom. The number of pyridine rings is 1. The lowest BCUT2D eigenvalue weighted by atomic mass is 10.0. The van der Waals surface area contributed by atoms with E-state index < -0.39 is 11.9 Å². The van der Waals surface area contributed by atoms with Crippen LogP contribution in [0, 0.1) is 11.3 Å². The van der Waals surface area contributed by atoms with Crippen molar-refractivity contribution in [1.29, 1.82) is 5.26 Å². The summed E-state index contributed by atoms with van der Waals surface area (Å²) in [4.78, 5) is 3.51. The summed E-state index contributed by atoms with van der Waals surface area (Å²) in [7, 11) is 0. The zero-order valence-corrected chi connectivity index (χ0v) is 14.4. The van der Waals surface area contributed by atoms with Crippen molar-refractivity contribution in [2.75, 3.05) is 0 Å². The summed E-state index contributed by atoms with van der Waals surface area (Å²) < 4.78 is 44.1. The van der Waals surface area contributed by atoms with Gasteiger partial charge in [0.25, 0.3) is 0 Å². The van der Waals surface area contributed by atoms with Gasteiger partial charge in [-0.15, -0.1) is 5.10 Å². The van der Waals surface area contributed by atoms with Crippen LogP contribution in [0.15, 0.2) is 36.5 Å². The second kappa shape index (κ2) is 7.07. The van der Waals surface area contributed by atoms with Crippen LogP contribution >= 0.6 is 0 Å². The van der Waals surface area contributed by atoms with Crippen LogP contribution < -0.4 is 4.74 Å². The molecule has 9 heteroatoms. The van der Waals surface area contributed by atoms with Gasteiger partial charge in [0.15, 0.2) is 5.69 Å². The van der Waals surface area contributed by atoms with Gasteiger partial charge in [-0.1, -0.05) is 6.07 Å². The van der Waals surface area contributed by atoms with E-state index in [4.69, 9.17) is 10.00 Å². The molecule has 0 saturated heterocycles. The van der Waals surface area contributed by atoms with Crippen molar-refractivity contribution in [1.82, 2.24) is 20.4 Å². The first-order chi connectivity index (χ1) is 12.8. The molecule has 0 atom stereocenters. The molecule has 1 N–H and O–H groups in total. The van der Waals surface area contributed by atoms with Gasteiger partial charge in [0.05, 0.1) is 6.10 Å². The maximum atomic E-state index is 12.8. The van der Waals surface area contributed by atoms with Crippen molar-refractivity contribution < 1.29 is 17.9 Å². The van der Waals surface area contributed by atoms with Crippen LogP contribution in [0.4, 0.5) is 13.2 Å². The molecule has 1 aromatic carbocycles. The monoisotopic (exact) mass is 373 g/mol. The minimum Gasteiger partial charge on any atom is -0.490 e. The highest BCUT2D eigenvalue weighted by Crippen LogP contribution is 2.36. The summed E-state index contributed by atoms with van der Waals surface area (Å²) in [6.45, 7) is 3.68. The number of halogens is 3. The van der Waals surface area contributed by atoms with Crippen LogP contribution in [0.5, 0.6) is 5.75 Å². The summed E-state index contributed by atoms with van der Waals surface area (Å²) in [6, 6.07) is 9.24. The summed E-state index contributed by atoms with van der Waals surface area (Å²) in [5, 5.41) is 19.2. The number of nitrogens with one attached hydrogen (secondary N) is 1. The standard InChI is InChI=1S/C18H14F3N5O/c1-10(2)27-15-5-3-11(17-14(8-22)24-26-25-17)7-13(15)12-4-6-16(23-9-12)18(19,20)21/h3-7,9-10H,1-2H3,(H,24,25,26). The van der Waals surface area contributed by atoms with Crippen molar-refractivity contribution in [2.24, 2.45) is 0 Å². The molecule has 138 valence electrons. The Balaban J connectivity index is 2.11. The van der Waals surface area contributed by atoms with Crippen LogP contribution in [-0.2, 0) is 6.18 Å². The molecule has 3 aromatic rings. The number of ether oxygens (including phenoxy) is 1. The van der Waals surface area contributed by atoms with E-state index in [9.17, 15) is 13.2 Å². The lowest BCUT2D eigenvalue weighted by Gasteiger charge is -2.16. The number of hydrogen-bond donors (Lipinski definition) is 1. The average Bonchev–Trinajstić information content (AvgIpc) is 3.10. The van der Waals surface area contributed by atoms with E-state index in [0.717, 1.165) is 12.3 Å². The highest BCUT2D eigenvalue weighted by Gasteiger charge is 2.32. The number of nitrogens with zero attached hydrogens (tertiary/aromatic N) is 4. The summed E-state index contributed by atoms with van der Waals surface area (Å²) in [6.07, 6.45) is -3.51. The highest BCUT2D eigenvalue weighted by atomic mass is 19.4. The van der Waals surface area contributed by atoms with Crippen molar-refractivity contribution in [2.45, 2.75) is 26.1 Å². The van der Waals surface area contributed by atoms with Crippen LogP contribution in [0.3, 0.4) is 0 Å². The molecule has 27 heavy (non-hydrogen) atoms. The smallest absolute Gasteiger partial charge is 0.433 e. The SMILES string of the molecule is CC(C)Oc1ccc(-c2n[nH]nc2C#N)cc1-c1ccc(C(F)(F)F)nc1. The van der Waals surface area contributed by atoms with Crippen molar-refractivity contribution in [3.63, 3.8) is 0 Å². The van der Waals surface area contributed by atoms with Crippen molar-refractivity contribution in [3.8, 4) is 34.2 Å². The van der Waals surface area contributed by atoms with E-state index in [0.29, 0.717) is 28.1 Å². The molecule has 0 aliphatic carbocycles. The van der Waals surface area contributed by atoms with E-state index in [-0.39, 0.29) is 11.8 Å². The van der Waals surface area contributed by atoms with Gasteiger partial charge < -0.3 is 4.74 Å². The Bertz CT molecular complexity index is 987. The largest absolute Gasteiger partial charge is 0.490 e. The number of alkyl halides is 3. The summed E-state index contributed by atoms with van der Waals surface area (Å²) in [5.41, 5.74) is 1.04. The molecule has 0 aliphatic rings. The molecule has 6 nitrogen and oxygen atoms in total. The molecule has 0 aliphatic heterocycles. The second-order valence-electron chi connectivity index (χ2n) is 5.94. The number of benzene rings is 1. The Labute approximate surface area is 152 Å². The minimum atomic E-state index is -4.51. The molecule has 0 unspecified atom stereocenters. The third-order valence-corrected chi connectivity index (χ3v) is 3.63. The second-order valence-corrected chi connectivity index (χ2v) is 5.94. The first-order valence-corrected chi connectivity index (χ1v) is 7.95. The Morgan fingerprint density at radius 1 is 1.11 bits per heavy atom. The molecule has 0 fully saturated rings. The highest BCUT2D eigenvalue weighted by molar-refractivity contribution is 5.77. The lowest BCUT2D eigenvalue weighted by Crippen LogP contribution is -2.08. The van der Waals surface area contributed by atoms with Gasteiger partial charge in [-0.05, 0) is 38.1 Å². The zero-order chi connectivity index (χ0) is 19.6.